The summed E-state index contributed by atoms with van der Waals surface area (Å²) < 4.78 is 4.92. The highest BCUT2D eigenvalue weighted by Gasteiger charge is 2.37. The summed E-state index contributed by atoms with van der Waals surface area (Å²) in [5.74, 6) is -1.11. The van der Waals surface area contributed by atoms with E-state index >= 15 is 0 Å². The number of nitrogens with zero attached hydrogens (tertiary/aromatic N) is 1. The van der Waals surface area contributed by atoms with Gasteiger partial charge in [0.05, 0.1) is 18.6 Å². The Balaban J connectivity index is 1.76. The van der Waals surface area contributed by atoms with Crippen molar-refractivity contribution in [3.05, 3.63) is 24.2 Å². The van der Waals surface area contributed by atoms with Crippen molar-refractivity contribution >= 4 is 17.9 Å². The molecule has 2 atom stereocenters. The van der Waals surface area contributed by atoms with Crippen LogP contribution in [0, 0.1) is 0 Å². The van der Waals surface area contributed by atoms with Gasteiger partial charge in [0.15, 0.2) is 0 Å². The number of carbonyl (C=O) groups is 3. The van der Waals surface area contributed by atoms with E-state index in [4.69, 9.17) is 9.52 Å². The van der Waals surface area contributed by atoms with Crippen molar-refractivity contribution < 1.29 is 29.0 Å². The van der Waals surface area contributed by atoms with Crippen molar-refractivity contribution in [1.29, 1.82) is 0 Å². The largest absolute Gasteiger partial charge is 0.481 e. The Hall–Kier alpha value is -2.35. The van der Waals surface area contributed by atoms with Crippen LogP contribution < -0.4 is 5.32 Å². The van der Waals surface area contributed by atoms with Gasteiger partial charge < -0.3 is 19.5 Å². The van der Waals surface area contributed by atoms with Gasteiger partial charge in [-0.3, -0.25) is 14.9 Å². The van der Waals surface area contributed by atoms with E-state index in [-0.39, 0.29) is 18.9 Å². The van der Waals surface area contributed by atoms with E-state index in [1.54, 1.807) is 6.07 Å². The number of aliphatic hydroxyl groups excluding tert-OH is 1. The van der Waals surface area contributed by atoms with Crippen LogP contribution in [0.15, 0.2) is 23.0 Å². The minimum Gasteiger partial charge on any atom is -0.481 e. The van der Waals surface area contributed by atoms with E-state index in [1.807, 2.05) is 0 Å². The zero-order valence-electron chi connectivity index (χ0n) is 14.0. The third-order valence-corrected chi connectivity index (χ3v) is 4.36. The summed E-state index contributed by atoms with van der Waals surface area (Å²) in [6, 6.07) is 0.706. The summed E-state index contributed by atoms with van der Waals surface area (Å²) in [6.45, 7) is 0.271. The van der Waals surface area contributed by atoms with E-state index < -0.39 is 24.1 Å². The standard InChI is InChI=1S/C17H24N2O6/c20-14(12-8-10-25-11-12)7-9-19-13(16(23)18-17(19)24)5-3-1-2-4-6-15(21)22/h8,10-11,13-14,20H,1-7,9H2,(H,21,22)(H,18,23,24). The number of aliphatic hydroxyl groups is 1. The molecule has 0 bridgehead atoms. The zero-order valence-corrected chi connectivity index (χ0v) is 14.0. The molecule has 1 aromatic rings. The molecule has 1 aliphatic heterocycles. The lowest BCUT2D eigenvalue weighted by molar-refractivity contribution is -0.137. The molecule has 8 heteroatoms. The van der Waals surface area contributed by atoms with Gasteiger partial charge >= 0.3 is 12.0 Å². The first-order valence-corrected chi connectivity index (χ1v) is 8.52. The van der Waals surface area contributed by atoms with Crippen molar-refractivity contribution in [2.75, 3.05) is 6.54 Å². The van der Waals surface area contributed by atoms with Gasteiger partial charge in [0.1, 0.15) is 6.04 Å². The number of carboxylic acid groups (broad SMARTS) is 1. The average molecular weight is 352 g/mol. The van der Waals surface area contributed by atoms with Crippen LogP contribution >= 0.6 is 0 Å². The second-order valence-corrected chi connectivity index (χ2v) is 6.21. The van der Waals surface area contributed by atoms with Gasteiger partial charge in [-0.2, -0.15) is 0 Å². The Bertz CT molecular complexity index is 586. The topological polar surface area (TPSA) is 120 Å². The molecule has 3 N–H and O–H groups in total. The van der Waals surface area contributed by atoms with E-state index in [1.165, 1.54) is 17.4 Å². The second kappa shape index (κ2) is 9.22. The molecule has 25 heavy (non-hydrogen) atoms. The molecule has 2 heterocycles. The van der Waals surface area contributed by atoms with Gasteiger partial charge in [0, 0.05) is 18.5 Å². The Labute approximate surface area is 145 Å². The maximum atomic E-state index is 11.9. The third kappa shape index (κ3) is 5.60. The molecule has 138 valence electrons. The Morgan fingerprint density at radius 3 is 2.72 bits per heavy atom. The zero-order chi connectivity index (χ0) is 18.2. The number of unbranched alkanes of at least 4 members (excludes halogenated alkanes) is 3. The highest BCUT2D eigenvalue weighted by Crippen LogP contribution is 2.21. The lowest BCUT2D eigenvalue weighted by Gasteiger charge is -2.22. The normalized spacial score (nSPS) is 18.4. The predicted molar refractivity (Wildman–Crippen MR) is 87.7 cm³/mol. The summed E-state index contributed by atoms with van der Waals surface area (Å²) in [7, 11) is 0. The number of aliphatic carboxylic acids is 1. The van der Waals surface area contributed by atoms with E-state index in [0.717, 1.165) is 19.3 Å². The van der Waals surface area contributed by atoms with Crippen LogP contribution in [0.3, 0.4) is 0 Å². The van der Waals surface area contributed by atoms with Gasteiger partial charge in [0.25, 0.3) is 5.91 Å². The molecule has 2 rings (SSSR count). The Kier molecular flexibility index (Phi) is 7.00. The number of carboxylic acids is 1. The van der Waals surface area contributed by atoms with Crippen LogP contribution in [0.5, 0.6) is 0 Å². The van der Waals surface area contributed by atoms with E-state index in [0.29, 0.717) is 24.8 Å². The molecule has 2 unspecified atom stereocenters. The lowest BCUT2D eigenvalue weighted by atomic mass is 10.0. The molecule has 0 saturated carbocycles. The summed E-state index contributed by atoms with van der Waals surface area (Å²) in [5.41, 5.74) is 0.640. The van der Waals surface area contributed by atoms with E-state index in [9.17, 15) is 19.5 Å². The summed E-state index contributed by atoms with van der Waals surface area (Å²) >= 11 is 0. The molecule has 0 aliphatic carbocycles. The number of amides is 3. The third-order valence-electron chi connectivity index (χ3n) is 4.36. The average Bonchev–Trinajstić information content (AvgIpc) is 3.17. The maximum absolute atomic E-state index is 11.9. The fourth-order valence-corrected chi connectivity index (χ4v) is 2.95. The SMILES string of the molecule is O=C(O)CCCCCCC1C(=O)NC(=O)N1CCC(O)c1ccoc1. The number of imide groups is 1. The predicted octanol–water partition coefficient (Wildman–Crippen LogP) is 2.05. The van der Waals surface area contributed by atoms with Gasteiger partial charge in [-0.15, -0.1) is 0 Å². The first-order valence-electron chi connectivity index (χ1n) is 8.52. The van der Waals surface area contributed by atoms with Gasteiger partial charge in [-0.1, -0.05) is 19.3 Å². The second-order valence-electron chi connectivity index (χ2n) is 6.21. The first-order chi connectivity index (χ1) is 12.0. The van der Waals surface area contributed by atoms with Crippen LogP contribution in [0.4, 0.5) is 4.79 Å². The molecule has 1 aliphatic rings. The van der Waals surface area contributed by atoms with Crippen molar-refractivity contribution in [2.45, 2.75) is 57.1 Å². The Morgan fingerprint density at radius 2 is 2.04 bits per heavy atom. The molecule has 1 aromatic heterocycles. The van der Waals surface area contributed by atoms with Crippen LogP contribution in [0.2, 0.25) is 0 Å². The Morgan fingerprint density at radius 1 is 1.28 bits per heavy atom. The molecular weight excluding hydrogens is 328 g/mol. The molecule has 3 amide bonds. The molecule has 0 spiro atoms. The van der Waals surface area contributed by atoms with Crippen LogP contribution in [-0.2, 0) is 9.59 Å². The molecule has 8 nitrogen and oxygen atoms in total. The molecule has 0 radical (unpaired) electrons. The number of carbonyl (C=O) groups excluding carboxylic acids is 2. The molecule has 1 saturated heterocycles. The minimum atomic E-state index is -0.803. The first kappa shape index (κ1) is 19.0. The van der Waals surface area contributed by atoms with Crippen LogP contribution in [0.1, 0.15) is 56.6 Å². The highest BCUT2D eigenvalue weighted by atomic mass is 16.4. The van der Waals surface area contributed by atoms with Gasteiger partial charge in [-0.25, -0.2) is 4.79 Å². The monoisotopic (exact) mass is 352 g/mol. The van der Waals surface area contributed by atoms with E-state index in [2.05, 4.69) is 5.32 Å². The quantitative estimate of drug-likeness (QED) is 0.414. The summed E-state index contributed by atoms with van der Waals surface area (Å²) in [6.07, 6.45) is 6.13. The van der Waals surface area contributed by atoms with Crippen LogP contribution in [0.25, 0.3) is 0 Å². The number of hydrogen-bond acceptors (Lipinski definition) is 5. The highest BCUT2D eigenvalue weighted by molar-refractivity contribution is 6.04. The van der Waals surface area contributed by atoms with Crippen LogP contribution in [-0.4, -0.2) is 45.6 Å². The van der Waals surface area contributed by atoms with Crippen molar-refractivity contribution in [3.8, 4) is 0 Å². The molecular formula is C17H24N2O6. The van der Waals surface area contributed by atoms with Crippen molar-refractivity contribution in [1.82, 2.24) is 10.2 Å². The lowest BCUT2D eigenvalue weighted by Crippen LogP contribution is -2.36. The molecule has 1 fully saturated rings. The fraction of sp³-hybridized carbons (Fsp3) is 0.588. The summed E-state index contributed by atoms with van der Waals surface area (Å²) in [5, 5.41) is 21.0. The number of nitrogens with one attached hydrogen (secondary N) is 1. The fourth-order valence-electron chi connectivity index (χ4n) is 2.95. The minimum absolute atomic E-state index is 0.153. The summed E-state index contributed by atoms with van der Waals surface area (Å²) in [4.78, 5) is 35.8. The van der Waals surface area contributed by atoms with Crippen molar-refractivity contribution in [2.24, 2.45) is 0 Å². The number of hydrogen-bond donors (Lipinski definition) is 3. The smallest absolute Gasteiger partial charge is 0.324 e. The van der Waals surface area contributed by atoms with Gasteiger partial charge in [-0.05, 0) is 25.3 Å². The molecule has 0 aromatic carbocycles. The maximum Gasteiger partial charge on any atom is 0.324 e. The number of urea groups is 1. The van der Waals surface area contributed by atoms with Gasteiger partial charge in [0.2, 0.25) is 0 Å². The van der Waals surface area contributed by atoms with Crippen molar-refractivity contribution in [3.63, 3.8) is 0 Å². The number of furan rings is 1. The number of rotatable bonds is 11.